The third-order valence-electron chi connectivity index (χ3n) is 4.07. The molecule has 0 aliphatic carbocycles. The summed E-state index contributed by atoms with van der Waals surface area (Å²) in [5.74, 6) is 1.27. The first-order chi connectivity index (χ1) is 8.24. The number of benzene rings is 1. The van der Waals surface area contributed by atoms with E-state index in [2.05, 4.69) is 43.1 Å². The highest BCUT2D eigenvalue weighted by Gasteiger charge is 2.27. The number of nitrogens with zero attached hydrogens (tertiary/aromatic N) is 1. The maximum Gasteiger partial charge on any atom is 0.00134 e. The normalized spacial score (nSPS) is 22.9. The summed E-state index contributed by atoms with van der Waals surface area (Å²) < 4.78 is 0. The Hall–Kier alpha value is -0.860. The molecule has 2 N–H and O–H groups in total. The van der Waals surface area contributed by atoms with Crippen LogP contribution in [-0.4, -0.2) is 31.6 Å². The van der Waals surface area contributed by atoms with Crippen LogP contribution in [0.15, 0.2) is 24.3 Å². The molecule has 1 aromatic rings. The molecule has 17 heavy (non-hydrogen) atoms. The summed E-state index contributed by atoms with van der Waals surface area (Å²) in [4.78, 5) is 2.41. The van der Waals surface area contributed by atoms with Crippen LogP contribution in [0.5, 0.6) is 0 Å². The first-order valence-electron chi connectivity index (χ1n) is 6.72. The Bertz CT molecular complexity index is 344. The summed E-state index contributed by atoms with van der Waals surface area (Å²) in [5.41, 5.74) is 8.81. The van der Waals surface area contributed by atoms with Gasteiger partial charge in [-0.25, -0.2) is 0 Å². The van der Waals surface area contributed by atoms with Crippen LogP contribution in [0.2, 0.25) is 0 Å². The molecule has 1 aliphatic rings. The molecule has 0 aromatic heterocycles. The van der Waals surface area contributed by atoms with Crippen molar-refractivity contribution in [1.29, 1.82) is 0 Å². The van der Waals surface area contributed by atoms with Crippen LogP contribution < -0.4 is 5.73 Å². The molecular formula is C15H24N2. The highest BCUT2D eigenvalue weighted by Crippen LogP contribution is 2.30. The van der Waals surface area contributed by atoms with E-state index in [4.69, 9.17) is 5.73 Å². The van der Waals surface area contributed by atoms with E-state index in [1.807, 2.05) is 0 Å². The van der Waals surface area contributed by atoms with Gasteiger partial charge in [-0.1, -0.05) is 31.2 Å². The maximum absolute atomic E-state index is 5.98. The van der Waals surface area contributed by atoms with Crippen molar-refractivity contribution in [3.63, 3.8) is 0 Å². The van der Waals surface area contributed by atoms with Crippen molar-refractivity contribution in [1.82, 2.24) is 4.90 Å². The summed E-state index contributed by atoms with van der Waals surface area (Å²) in [6, 6.07) is 9.04. The molecule has 1 heterocycles. The summed E-state index contributed by atoms with van der Waals surface area (Å²) >= 11 is 0. The maximum atomic E-state index is 5.98. The van der Waals surface area contributed by atoms with Crippen LogP contribution in [-0.2, 0) is 6.42 Å². The molecule has 1 aromatic carbocycles. The fourth-order valence-electron chi connectivity index (χ4n) is 2.90. The lowest BCUT2D eigenvalue weighted by Crippen LogP contribution is -2.24. The highest BCUT2D eigenvalue weighted by molar-refractivity contribution is 5.26. The summed E-state index contributed by atoms with van der Waals surface area (Å²) in [5, 5.41) is 0. The van der Waals surface area contributed by atoms with E-state index in [0.717, 1.165) is 18.9 Å². The lowest BCUT2D eigenvalue weighted by molar-refractivity contribution is 0.371. The van der Waals surface area contributed by atoms with Gasteiger partial charge in [0, 0.05) is 12.5 Å². The van der Waals surface area contributed by atoms with Gasteiger partial charge in [0.2, 0.25) is 0 Å². The van der Waals surface area contributed by atoms with Gasteiger partial charge in [0.05, 0.1) is 0 Å². The molecule has 2 atom stereocenters. The Morgan fingerprint density at radius 1 is 1.35 bits per heavy atom. The second-order valence-electron chi connectivity index (χ2n) is 5.25. The second kappa shape index (κ2) is 5.65. The van der Waals surface area contributed by atoms with E-state index in [1.165, 1.54) is 30.6 Å². The minimum absolute atomic E-state index is 0.533. The lowest BCUT2D eigenvalue weighted by atomic mass is 9.85. The first-order valence-corrected chi connectivity index (χ1v) is 6.72. The summed E-state index contributed by atoms with van der Waals surface area (Å²) in [6.07, 6.45) is 2.40. The average Bonchev–Trinajstić information content (AvgIpc) is 2.78. The first kappa shape index (κ1) is 12.6. The zero-order valence-corrected chi connectivity index (χ0v) is 11.0. The molecule has 1 saturated heterocycles. The number of nitrogens with two attached hydrogens (primary N) is 1. The monoisotopic (exact) mass is 232 g/mol. The van der Waals surface area contributed by atoms with Gasteiger partial charge in [0.25, 0.3) is 0 Å². The lowest BCUT2D eigenvalue weighted by Gasteiger charge is -2.22. The molecule has 2 nitrogen and oxygen atoms in total. The molecule has 0 amide bonds. The molecule has 1 aliphatic heterocycles. The third kappa shape index (κ3) is 2.88. The van der Waals surface area contributed by atoms with E-state index < -0.39 is 0 Å². The topological polar surface area (TPSA) is 29.3 Å². The number of rotatable bonds is 4. The van der Waals surface area contributed by atoms with Crippen LogP contribution in [0.25, 0.3) is 0 Å². The molecule has 0 bridgehead atoms. The predicted octanol–water partition coefficient (Wildman–Crippen LogP) is 2.24. The van der Waals surface area contributed by atoms with Crippen molar-refractivity contribution in [3.8, 4) is 0 Å². The van der Waals surface area contributed by atoms with Gasteiger partial charge >= 0.3 is 0 Å². The van der Waals surface area contributed by atoms with Crippen molar-refractivity contribution in [2.24, 2.45) is 11.7 Å². The van der Waals surface area contributed by atoms with E-state index in [-0.39, 0.29) is 0 Å². The minimum Gasteiger partial charge on any atom is -0.330 e. The van der Waals surface area contributed by atoms with E-state index in [9.17, 15) is 0 Å². The third-order valence-corrected chi connectivity index (χ3v) is 4.07. The Labute approximate surface area is 105 Å². The molecule has 0 saturated carbocycles. The standard InChI is InChI=1S/C15H24N2/c1-3-12-4-6-13(7-5-12)15(10-16)14-8-9-17(2)11-14/h4-7,14-15H,3,8-11,16H2,1-2H3. The van der Waals surface area contributed by atoms with E-state index in [1.54, 1.807) is 0 Å². The molecule has 0 radical (unpaired) electrons. The fourth-order valence-corrected chi connectivity index (χ4v) is 2.90. The minimum atomic E-state index is 0.533. The van der Waals surface area contributed by atoms with Gasteiger partial charge in [-0.05, 0) is 50.0 Å². The van der Waals surface area contributed by atoms with Crippen LogP contribution in [0, 0.1) is 5.92 Å². The quantitative estimate of drug-likeness (QED) is 0.862. The van der Waals surface area contributed by atoms with Crippen molar-refractivity contribution >= 4 is 0 Å². The second-order valence-corrected chi connectivity index (χ2v) is 5.25. The number of likely N-dealkylation sites (tertiary alicyclic amines) is 1. The van der Waals surface area contributed by atoms with E-state index >= 15 is 0 Å². The zero-order chi connectivity index (χ0) is 12.3. The van der Waals surface area contributed by atoms with Gasteiger partial charge in [0.15, 0.2) is 0 Å². The van der Waals surface area contributed by atoms with Crippen molar-refractivity contribution in [2.75, 3.05) is 26.7 Å². The largest absolute Gasteiger partial charge is 0.330 e. The van der Waals surface area contributed by atoms with Crippen molar-refractivity contribution in [3.05, 3.63) is 35.4 Å². The molecule has 2 unspecified atom stereocenters. The number of hydrogen-bond donors (Lipinski definition) is 1. The molecule has 1 fully saturated rings. The fraction of sp³-hybridized carbons (Fsp3) is 0.600. The summed E-state index contributed by atoms with van der Waals surface area (Å²) in [7, 11) is 2.20. The molecular weight excluding hydrogens is 208 g/mol. The number of hydrogen-bond acceptors (Lipinski definition) is 2. The average molecular weight is 232 g/mol. The van der Waals surface area contributed by atoms with Gasteiger partial charge in [-0.2, -0.15) is 0 Å². The van der Waals surface area contributed by atoms with E-state index in [0.29, 0.717) is 5.92 Å². The Balaban J connectivity index is 2.11. The van der Waals surface area contributed by atoms with Gasteiger partial charge in [0.1, 0.15) is 0 Å². The smallest absolute Gasteiger partial charge is 0.00134 e. The Kier molecular flexibility index (Phi) is 4.19. The molecule has 94 valence electrons. The Morgan fingerprint density at radius 2 is 2.06 bits per heavy atom. The highest BCUT2D eigenvalue weighted by atomic mass is 15.1. The van der Waals surface area contributed by atoms with Crippen molar-refractivity contribution in [2.45, 2.75) is 25.7 Å². The van der Waals surface area contributed by atoms with Gasteiger partial charge < -0.3 is 10.6 Å². The number of aryl methyl sites for hydroxylation is 1. The van der Waals surface area contributed by atoms with Gasteiger partial charge in [-0.3, -0.25) is 0 Å². The van der Waals surface area contributed by atoms with Crippen LogP contribution in [0.3, 0.4) is 0 Å². The molecule has 0 spiro atoms. The van der Waals surface area contributed by atoms with Crippen LogP contribution in [0.1, 0.15) is 30.4 Å². The Morgan fingerprint density at radius 3 is 2.53 bits per heavy atom. The van der Waals surface area contributed by atoms with Crippen LogP contribution in [0.4, 0.5) is 0 Å². The molecule has 2 rings (SSSR count). The predicted molar refractivity (Wildman–Crippen MR) is 73.2 cm³/mol. The molecule has 2 heteroatoms. The SMILES string of the molecule is CCc1ccc(C(CN)C2CCN(C)C2)cc1. The zero-order valence-electron chi connectivity index (χ0n) is 11.0. The van der Waals surface area contributed by atoms with Gasteiger partial charge in [-0.15, -0.1) is 0 Å². The summed E-state index contributed by atoms with van der Waals surface area (Å²) in [6.45, 7) is 5.37. The van der Waals surface area contributed by atoms with Crippen LogP contribution >= 0.6 is 0 Å². The van der Waals surface area contributed by atoms with Crippen molar-refractivity contribution < 1.29 is 0 Å².